The van der Waals surface area contributed by atoms with Gasteiger partial charge in [-0.15, -0.1) is 0 Å². The molecule has 0 fully saturated rings. The van der Waals surface area contributed by atoms with Gasteiger partial charge < -0.3 is 9.88 Å². The van der Waals surface area contributed by atoms with Gasteiger partial charge in [0.15, 0.2) is 11.6 Å². The van der Waals surface area contributed by atoms with Gasteiger partial charge in [0.25, 0.3) is 0 Å². The lowest BCUT2D eigenvalue weighted by atomic mass is 10.1. The summed E-state index contributed by atoms with van der Waals surface area (Å²) in [6.07, 6.45) is 1.50. The van der Waals surface area contributed by atoms with E-state index in [-0.39, 0.29) is 12.1 Å². The van der Waals surface area contributed by atoms with E-state index in [1.165, 1.54) is 18.3 Å². The van der Waals surface area contributed by atoms with Crippen molar-refractivity contribution in [2.45, 2.75) is 6.54 Å². The second kappa shape index (κ2) is 7.93. The normalized spacial score (nSPS) is 10.7. The summed E-state index contributed by atoms with van der Waals surface area (Å²) in [5.74, 6) is -1.73. The molecule has 1 N–H and O–H groups in total. The first-order valence-corrected chi connectivity index (χ1v) is 9.23. The zero-order valence-corrected chi connectivity index (χ0v) is 16.1. The van der Waals surface area contributed by atoms with Crippen LogP contribution in [0.1, 0.15) is 11.1 Å². The Morgan fingerprint density at radius 1 is 1.13 bits per heavy atom. The molecule has 5 nitrogen and oxygen atoms in total. The Bertz CT molecular complexity index is 1360. The van der Waals surface area contributed by atoms with Gasteiger partial charge >= 0.3 is 0 Å². The van der Waals surface area contributed by atoms with Crippen molar-refractivity contribution < 1.29 is 8.78 Å². The van der Waals surface area contributed by atoms with E-state index in [4.69, 9.17) is 11.6 Å². The number of nitriles is 1. The number of benzene rings is 2. The van der Waals surface area contributed by atoms with Gasteiger partial charge in [0.1, 0.15) is 5.82 Å². The number of H-pyrrole nitrogens is 1. The predicted octanol–water partition coefficient (Wildman–Crippen LogP) is 5.06. The number of halogens is 3. The van der Waals surface area contributed by atoms with E-state index in [9.17, 15) is 18.8 Å². The molecule has 148 valence electrons. The molecule has 0 spiro atoms. The highest BCUT2D eigenvalue weighted by atomic mass is 35.5. The Kier molecular flexibility index (Phi) is 5.17. The lowest BCUT2D eigenvalue weighted by Crippen LogP contribution is -2.20. The maximum absolute atomic E-state index is 14.3. The van der Waals surface area contributed by atoms with Crippen molar-refractivity contribution in [1.82, 2.24) is 9.97 Å². The third-order valence-corrected chi connectivity index (χ3v) is 4.83. The SMILES string of the molecule is N#Cc1ccnc(N(Cc2cc(=O)[nH]c3c(F)c(F)ccc23)c2cccc(Cl)c2)c1. The number of aromatic amines is 1. The number of aromatic nitrogens is 2. The quantitative estimate of drug-likeness (QED) is 0.498. The van der Waals surface area contributed by atoms with E-state index in [1.54, 1.807) is 41.3 Å². The second-order valence-electron chi connectivity index (χ2n) is 6.52. The Balaban J connectivity index is 1.90. The number of nitrogens with one attached hydrogen (secondary N) is 1. The number of anilines is 2. The highest BCUT2D eigenvalue weighted by molar-refractivity contribution is 6.30. The van der Waals surface area contributed by atoms with E-state index in [0.29, 0.717) is 33.0 Å². The Morgan fingerprint density at radius 3 is 2.73 bits per heavy atom. The molecule has 0 saturated carbocycles. The zero-order valence-electron chi connectivity index (χ0n) is 15.4. The molecule has 2 heterocycles. The number of nitrogens with zero attached hydrogens (tertiary/aromatic N) is 3. The van der Waals surface area contributed by atoms with Crippen LogP contribution in [0.4, 0.5) is 20.3 Å². The minimum atomic E-state index is -1.12. The van der Waals surface area contributed by atoms with Gasteiger partial charge in [-0.1, -0.05) is 17.7 Å². The molecule has 0 aliphatic rings. The van der Waals surface area contributed by atoms with Gasteiger partial charge in [-0.05, 0) is 48.0 Å². The van der Waals surface area contributed by atoms with Crippen molar-refractivity contribution >= 4 is 34.0 Å². The summed E-state index contributed by atoms with van der Waals surface area (Å²) >= 11 is 6.15. The first-order valence-electron chi connectivity index (χ1n) is 8.85. The maximum atomic E-state index is 14.3. The van der Waals surface area contributed by atoms with Crippen molar-refractivity contribution in [1.29, 1.82) is 5.26 Å². The van der Waals surface area contributed by atoms with Gasteiger partial charge in [0.05, 0.1) is 23.7 Å². The van der Waals surface area contributed by atoms with E-state index < -0.39 is 17.2 Å². The van der Waals surface area contributed by atoms with Crippen molar-refractivity contribution in [3.63, 3.8) is 0 Å². The lowest BCUT2D eigenvalue weighted by molar-refractivity contribution is 0.515. The largest absolute Gasteiger partial charge is 0.322 e. The van der Waals surface area contributed by atoms with Gasteiger partial charge in [-0.2, -0.15) is 5.26 Å². The molecule has 2 aromatic carbocycles. The summed E-state index contributed by atoms with van der Waals surface area (Å²) in [4.78, 5) is 20.6. The van der Waals surface area contributed by atoms with E-state index >= 15 is 0 Å². The number of rotatable bonds is 4. The fraction of sp³-hybridized carbons (Fsp3) is 0.0455. The fourth-order valence-corrected chi connectivity index (χ4v) is 3.41. The number of fused-ring (bicyclic) bond motifs is 1. The summed E-state index contributed by atoms with van der Waals surface area (Å²) in [5.41, 5.74) is 0.739. The third-order valence-electron chi connectivity index (χ3n) is 4.59. The molecule has 8 heteroatoms. The van der Waals surface area contributed by atoms with E-state index in [1.807, 2.05) is 0 Å². The molecule has 0 aliphatic heterocycles. The maximum Gasteiger partial charge on any atom is 0.248 e. The third kappa shape index (κ3) is 3.73. The Labute approximate surface area is 174 Å². The number of hydrogen-bond donors (Lipinski definition) is 1. The van der Waals surface area contributed by atoms with Gasteiger partial charge in [-0.3, -0.25) is 4.79 Å². The predicted molar refractivity (Wildman–Crippen MR) is 111 cm³/mol. The van der Waals surface area contributed by atoms with E-state index in [0.717, 1.165) is 6.07 Å². The summed E-state index contributed by atoms with van der Waals surface area (Å²) in [6, 6.07) is 15.9. The van der Waals surface area contributed by atoms with Gasteiger partial charge in [0.2, 0.25) is 5.56 Å². The second-order valence-corrected chi connectivity index (χ2v) is 6.96. The van der Waals surface area contributed by atoms with E-state index in [2.05, 4.69) is 16.0 Å². The van der Waals surface area contributed by atoms with Crippen molar-refractivity contribution in [2.24, 2.45) is 0 Å². The molecule has 0 bridgehead atoms. The van der Waals surface area contributed by atoms with Crippen LogP contribution < -0.4 is 10.5 Å². The van der Waals surface area contributed by atoms with Crippen LogP contribution >= 0.6 is 11.6 Å². The van der Waals surface area contributed by atoms with Gasteiger partial charge in [-0.25, -0.2) is 13.8 Å². The standard InChI is InChI=1S/C22H13ClF2N4O/c23-15-2-1-3-16(10-15)29(19-8-13(11-26)6-7-27-19)12-14-9-20(30)28-22-17(14)4-5-18(24)21(22)25/h1-10H,12H2,(H,28,30). The van der Waals surface area contributed by atoms with Crippen molar-refractivity contribution in [2.75, 3.05) is 4.90 Å². The van der Waals surface area contributed by atoms with Crippen LogP contribution in [0.15, 0.2) is 65.6 Å². The average Bonchev–Trinajstić information content (AvgIpc) is 2.74. The summed E-state index contributed by atoms with van der Waals surface area (Å²) in [6.45, 7) is 0.105. The molecular formula is C22H13ClF2N4O. The first kappa shape index (κ1) is 19.6. The lowest BCUT2D eigenvalue weighted by Gasteiger charge is -2.25. The molecule has 4 aromatic rings. The monoisotopic (exact) mass is 422 g/mol. The highest BCUT2D eigenvalue weighted by Crippen LogP contribution is 2.30. The number of hydrogen-bond acceptors (Lipinski definition) is 4. The molecule has 0 radical (unpaired) electrons. The number of pyridine rings is 2. The molecule has 30 heavy (non-hydrogen) atoms. The average molecular weight is 423 g/mol. The molecule has 0 atom stereocenters. The summed E-state index contributed by atoms with van der Waals surface area (Å²) in [7, 11) is 0. The minimum Gasteiger partial charge on any atom is -0.322 e. The summed E-state index contributed by atoms with van der Waals surface area (Å²) in [5, 5.41) is 10.1. The van der Waals surface area contributed by atoms with Crippen LogP contribution in [0.5, 0.6) is 0 Å². The van der Waals surface area contributed by atoms with Crippen molar-refractivity contribution in [3.8, 4) is 6.07 Å². The fourth-order valence-electron chi connectivity index (χ4n) is 3.22. The van der Waals surface area contributed by atoms with Crippen LogP contribution in [0.2, 0.25) is 5.02 Å². The molecular weight excluding hydrogens is 410 g/mol. The van der Waals surface area contributed by atoms with Crippen LogP contribution in [-0.2, 0) is 6.54 Å². The minimum absolute atomic E-state index is 0.105. The Hall–Kier alpha value is -3.76. The molecule has 0 aliphatic carbocycles. The molecule has 4 rings (SSSR count). The highest BCUT2D eigenvalue weighted by Gasteiger charge is 2.17. The molecule has 0 saturated heterocycles. The topological polar surface area (TPSA) is 72.8 Å². The smallest absolute Gasteiger partial charge is 0.248 e. The van der Waals surface area contributed by atoms with Crippen molar-refractivity contribution in [3.05, 3.63) is 98.9 Å². The first-order chi connectivity index (χ1) is 14.5. The van der Waals surface area contributed by atoms with Crippen LogP contribution in [0.3, 0.4) is 0 Å². The van der Waals surface area contributed by atoms with Gasteiger partial charge in [0, 0.05) is 28.4 Å². The van der Waals surface area contributed by atoms with Crippen LogP contribution in [0, 0.1) is 23.0 Å². The molecule has 2 aromatic heterocycles. The Morgan fingerprint density at radius 2 is 1.97 bits per heavy atom. The molecule has 0 amide bonds. The van der Waals surface area contributed by atoms with Crippen LogP contribution in [0.25, 0.3) is 10.9 Å². The summed E-state index contributed by atoms with van der Waals surface area (Å²) < 4.78 is 27.9. The molecule has 0 unspecified atom stereocenters. The van der Waals surface area contributed by atoms with Crippen LogP contribution in [-0.4, -0.2) is 9.97 Å². The zero-order chi connectivity index (χ0) is 21.3.